The van der Waals surface area contributed by atoms with Gasteiger partial charge in [-0.15, -0.1) is 22.0 Å². The molecule has 100 valence electrons. The fourth-order valence-electron chi connectivity index (χ4n) is 1.36. The van der Waals surface area contributed by atoms with Crippen LogP contribution in [0.2, 0.25) is 0 Å². The number of anilines is 1. The van der Waals surface area contributed by atoms with Gasteiger partial charge in [0.05, 0.1) is 12.4 Å². The number of carbonyl (C=O) groups excluding carboxylic acids is 1. The highest BCUT2D eigenvalue weighted by Crippen LogP contribution is 2.25. The predicted molar refractivity (Wildman–Crippen MR) is 78.4 cm³/mol. The summed E-state index contributed by atoms with van der Waals surface area (Å²) in [6.45, 7) is 0.0783. The maximum absolute atomic E-state index is 11.6. The van der Waals surface area contributed by atoms with Crippen LogP contribution in [-0.4, -0.2) is 39.3 Å². The van der Waals surface area contributed by atoms with E-state index in [1.165, 1.54) is 23.1 Å². The molecule has 1 amide bonds. The second-order valence-corrected chi connectivity index (χ2v) is 5.69. The summed E-state index contributed by atoms with van der Waals surface area (Å²) in [6, 6.07) is 9.69. The van der Waals surface area contributed by atoms with E-state index in [9.17, 15) is 4.79 Å². The van der Waals surface area contributed by atoms with Gasteiger partial charge in [-0.25, -0.2) is 0 Å². The fourth-order valence-corrected chi connectivity index (χ4v) is 2.65. The molecular formula is C12H13N3O2S2. The van der Waals surface area contributed by atoms with Crippen LogP contribution in [0, 0.1) is 0 Å². The molecule has 2 rings (SSSR count). The minimum absolute atomic E-state index is 0.0783. The molecule has 0 radical (unpaired) electrons. The van der Waals surface area contributed by atoms with Gasteiger partial charge in [-0.1, -0.05) is 41.7 Å². The lowest BCUT2D eigenvalue weighted by molar-refractivity contribution is -0.113. The zero-order valence-electron chi connectivity index (χ0n) is 10.1. The Morgan fingerprint density at radius 2 is 2.11 bits per heavy atom. The van der Waals surface area contributed by atoms with Gasteiger partial charge in [-0.3, -0.25) is 10.1 Å². The highest BCUT2D eigenvalue weighted by Gasteiger charge is 2.09. The van der Waals surface area contributed by atoms with Crippen LogP contribution in [0.1, 0.15) is 0 Å². The number of thioether (sulfide) groups is 1. The molecular weight excluding hydrogens is 282 g/mol. The molecule has 5 nitrogen and oxygen atoms in total. The van der Waals surface area contributed by atoms with E-state index in [2.05, 4.69) is 15.5 Å². The van der Waals surface area contributed by atoms with Crippen molar-refractivity contribution in [3.05, 3.63) is 30.3 Å². The molecule has 0 aliphatic heterocycles. The Labute approximate surface area is 119 Å². The number of amides is 1. The van der Waals surface area contributed by atoms with Crippen LogP contribution in [0.15, 0.2) is 30.3 Å². The predicted octanol–water partition coefficient (Wildman–Crippen LogP) is 1.87. The lowest BCUT2D eigenvalue weighted by atomic mass is 10.2. The standard InChI is InChI=1S/C12H13N3O2S2/c16-6-7-18-8-10(17)13-12-15-14-11(19-12)9-4-2-1-3-5-9/h1-5,16H,6-8H2,(H,13,15,17). The van der Waals surface area contributed by atoms with Crippen molar-refractivity contribution in [1.29, 1.82) is 0 Å². The number of benzene rings is 1. The molecule has 1 aromatic carbocycles. The monoisotopic (exact) mass is 295 g/mol. The number of aromatic nitrogens is 2. The first kappa shape index (κ1) is 14.0. The molecule has 7 heteroatoms. The van der Waals surface area contributed by atoms with Crippen molar-refractivity contribution >= 4 is 34.1 Å². The Kier molecular flexibility index (Phi) is 5.31. The summed E-state index contributed by atoms with van der Waals surface area (Å²) < 4.78 is 0. The molecule has 0 unspecified atom stereocenters. The molecule has 1 aromatic heterocycles. The van der Waals surface area contributed by atoms with Crippen LogP contribution in [0.3, 0.4) is 0 Å². The summed E-state index contributed by atoms with van der Waals surface area (Å²) in [5, 5.41) is 20.6. The quantitative estimate of drug-likeness (QED) is 0.796. The van der Waals surface area contributed by atoms with E-state index in [1.54, 1.807) is 0 Å². The molecule has 2 N–H and O–H groups in total. The second kappa shape index (κ2) is 7.22. The van der Waals surface area contributed by atoms with Crippen molar-refractivity contribution < 1.29 is 9.90 Å². The molecule has 0 fully saturated rings. The lowest BCUT2D eigenvalue weighted by Crippen LogP contribution is -2.14. The van der Waals surface area contributed by atoms with E-state index in [4.69, 9.17) is 5.11 Å². The fraction of sp³-hybridized carbons (Fsp3) is 0.250. The summed E-state index contributed by atoms with van der Waals surface area (Å²) >= 11 is 2.72. The van der Waals surface area contributed by atoms with Crippen LogP contribution >= 0.6 is 23.1 Å². The van der Waals surface area contributed by atoms with E-state index in [1.807, 2.05) is 30.3 Å². The van der Waals surface area contributed by atoms with Crippen molar-refractivity contribution in [2.24, 2.45) is 0 Å². The largest absolute Gasteiger partial charge is 0.396 e. The molecule has 0 atom stereocenters. The van der Waals surface area contributed by atoms with E-state index < -0.39 is 0 Å². The zero-order valence-corrected chi connectivity index (χ0v) is 11.7. The third-order valence-electron chi connectivity index (χ3n) is 2.16. The Hall–Kier alpha value is -1.44. The van der Waals surface area contributed by atoms with Crippen molar-refractivity contribution in [3.63, 3.8) is 0 Å². The lowest BCUT2D eigenvalue weighted by Gasteiger charge is -1.99. The smallest absolute Gasteiger partial charge is 0.236 e. The Morgan fingerprint density at radius 3 is 2.84 bits per heavy atom. The summed E-state index contributed by atoms with van der Waals surface area (Å²) in [4.78, 5) is 11.6. The molecule has 0 spiro atoms. The number of nitrogens with zero attached hydrogens (tertiary/aromatic N) is 2. The Bertz CT molecular complexity index is 531. The first-order valence-corrected chi connectivity index (χ1v) is 7.64. The van der Waals surface area contributed by atoms with Gasteiger partial charge in [0.25, 0.3) is 0 Å². The van der Waals surface area contributed by atoms with Gasteiger partial charge in [0.2, 0.25) is 11.0 Å². The molecule has 1 heterocycles. The number of hydrogen-bond acceptors (Lipinski definition) is 6. The average molecular weight is 295 g/mol. The number of aliphatic hydroxyl groups is 1. The Balaban J connectivity index is 1.93. The first-order valence-electron chi connectivity index (χ1n) is 5.67. The number of hydrogen-bond donors (Lipinski definition) is 2. The topological polar surface area (TPSA) is 75.1 Å². The van der Waals surface area contributed by atoms with Crippen molar-refractivity contribution in [3.8, 4) is 10.6 Å². The molecule has 0 aliphatic carbocycles. The second-order valence-electron chi connectivity index (χ2n) is 3.60. The van der Waals surface area contributed by atoms with E-state index in [0.717, 1.165) is 10.6 Å². The van der Waals surface area contributed by atoms with Gasteiger partial charge < -0.3 is 5.11 Å². The molecule has 0 aliphatic rings. The van der Waals surface area contributed by atoms with Crippen LogP contribution < -0.4 is 5.32 Å². The normalized spacial score (nSPS) is 10.4. The summed E-state index contributed by atoms with van der Waals surface area (Å²) in [5.41, 5.74) is 0.982. The van der Waals surface area contributed by atoms with E-state index in [-0.39, 0.29) is 12.5 Å². The van der Waals surface area contributed by atoms with E-state index in [0.29, 0.717) is 16.6 Å². The van der Waals surface area contributed by atoms with Crippen LogP contribution in [0.5, 0.6) is 0 Å². The minimum atomic E-state index is -0.130. The summed E-state index contributed by atoms with van der Waals surface area (Å²) in [5.74, 6) is 0.730. The van der Waals surface area contributed by atoms with Gasteiger partial charge in [0, 0.05) is 11.3 Å². The van der Waals surface area contributed by atoms with Crippen molar-refractivity contribution in [2.75, 3.05) is 23.4 Å². The van der Waals surface area contributed by atoms with E-state index >= 15 is 0 Å². The highest BCUT2D eigenvalue weighted by molar-refractivity contribution is 7.99. The van der Waals surface area contributed by atoms with Crippen LogP contribution in [0.4, 0.5) is 5.13 Å². The van der Waals surface area contributed by atoms with Gasteiger partial charge in [0.1, 0.15) is 5.01 Å². The average Bonchev–Trinajstić information content (AvgIpc) is 2.88. The van der Waals surface area contributed by atoms with Crippen LogP contribution in [0.25, 0.3) is 10.6 Å². The zero-order chi connectivity index (χ0) is 13.5. The van der Waals surface area contributed by atoms with Gasteiger partial charge >= 0.3 is 0 Å². The minimum Gasteiger partial charge on any atom is -0.396 e. The molecule has 2 aromatic rings. The summed E-state index contributed by atoms with van der Waals surface area (Å²) in [7, 11) is 0. The third kappa shape index (κ3) is 4.30. The maximum atomic E-state index is 11.6. The number of rotatable bonds is 6. The molecule has 0 saturated heterocycles. The molecule has 0 bridgehead atoms. The van der Waals surface area contributed by atoms with Gasteiger partial charge in [-0.05, 0) is 0 Å². The summed E-state index contributed by atoms with van der Waals surface area (Å²) in [6.07, 6.45) is 0. The molecule has 0 saturated carbocycles. The number of aliphatic hydroxyl groups excluding tert-OH is 1. The van der Waals surface area contributed by atoms with Gasteiger partial charge in [-0.2, -0.15) is 0 Å². The van der Waals surface area contributed by atoms with Gasteiger partial charge in [0.15, 0.2) is 0 Å². The SMILES string of the molecule is O=C(CSCCO)Nc1nnc(-c2ccccc2)s1. The third-order valence-corrected chi connectivity index (χ3v) is 3.99. The Morgan fingerprint density at radius 1 is 1.32 bits per heavy atom. The maximum Gasteiger partial charge on any atom is 0.236 e. The van der Waals surface area contributed by atoms with Crippen molar-refractivity contribution in [2.45, 2.75) is 0 Å². The molecule has 19 heavy (non-hydrogen) atoms. The first-order chi connectivity index (χ1) is 9.29. The highest BCUT2D eigenvalue weighted by atomic mass is 32.2. The van der Waals surface area contributed by atoms with Crippen molar-refractivity contribution in [1.82, 2.24) is 10.2 Å². The number of carbonyl (C=O) groups is 1. The van der Waals surface area contributed by atoms with Crippen LogP contribution in [-0.2, 0) is 4.79 Å². The number of nitrogens with one attached hydrogen (secondary N) is 1.